The maximum Gasteiger partial charge on any atom is 0.243 e. The number of benzene rings is 1. The van der Waals surface area contributed by atoms with Gasteiger partial charge in [0.25, 0.3) is 0 Å². The average Bonchev–Trinajstić information content (AvgIpc) is 2.27. The summed E-state index contributed by atoms with van der Waals surface area (Å²) in [5, 5.41) is 7.90. The number of carbonyl (C=O) groups is 2. The number of hydrogen-bond acceptors (Lipinski definition) is 3. The lowest BCUT2D eigenvalue weighted by molar-refractivity contribution is -0.118. The molecule has 0 aliphatic carbocycles. The van der Waals surface area contributed by atoms with Crippen molar-refractivity contribution < 1.29 is 9.59 Å². The second-order valence-corrected chi connectivity index (χ2v) is 2.87. The van der Waals surface area contributed by atoms with E-state index in [1.165, 1.54) is 0 Å². The summed E-state index contributed by atoms with van der Waals surface area (Å²) in [6.07, 6.45) is 0.490. The molecule has 1 aromatic carbocycles. The minimum Gasteiger partial charge on any atom is -0.388 e. The van der Waals surface area contributed by atoms with E-state index in [-0.39, 0.29) is 12.5 Å². The highest BCUT2D eigenvalue weighted by Gasteiger charge is 2.00. The van der Waals surface area contributed by atoms with Gasteiger partial charge >= 0.3 is 0 Å². The molecular formula is C10H13N3O2. The molecule has 15 heavy (non-hydrogen) atoms. The Bertz CT molecular complexity index is 335. The molecule has 0 aliphatic rings. The van der Waals surface area contributed by atoms with Crippen molar-refractivity contribution in [3.8, 4) is 0 Å². The van der Waals surface area contributed by atoms with Crippen LogP contribution in [0.25, 0.3) is 0 Å². The Hall–Kier alpha value is -2.04. The van der Waals surface area contributed by atoms with Gasteiger partial charge in [-0.15, -0.1) is 0 Å². The highest BCUT2D eigenvalue weighted by Crippen LogP contribution is 2.12. The first-order valence-corrected chi connectivity index (χ1v) is 4.51. The van der Waals surface area contributed by atoms with Crippen LogP contribution in [0.15, 0.2) is 24.3 Å². The van der Waals surface area contributed by atoms with Crippen molar-refractivity contribution in [2.24, 2.45) is 0 Å². The molecule has 0 unspecified atom stereocenters. The fraction of sp³-hybridized carbons (Fsp3) is 0.200. The van der Waals surface area contributed by atoms with Gasteiger partial charge in [0.15, 0.2) is 0 Å². The predicted octanol–water partition coefficient (Wildman–Crippen LogP) is 0.413. The van der Waals surface area contributed by atoms with Crippen LogP contribution in [0, 0.1) is 0 Å². The van der Waals surface area contributed by atoms with E-state index in [1.54, 1.807) is 12.1 Å². The lowest BCUT2D eigenvalue weighted by Gasteiger charge is -2.05. The minimum atomic E-state index is -0.251. The SMILES string of the molecule is CNc1ccc(NC(=O)CNC=O)cc1. The summed E-state index contributed by atoms with van der Waals surface area (Å²) >= 11 is 0. The zero-order valence-electron chi connectivity index (χ0n) is 8.41. The lowest BCUT2D eigenvalue weighted by Crippen LogP contribution is -2.26. The molecule has 5 heteroatoms. The third-order valence-electron chi connectivity index (χ3n) is 1.80. The van der Waals surface area contributed by atoms with Gasteiger partial charge in [0.05, 0.1) is 6.54 Å². The largest absolute Gasteiger partial charge is 0.388 e. The molecule has 0 saturated carbocycles. The molecular weight excluding hydrogens is 194 g/mol. The van der Waals surface area contributed by atoms with Crippen LogP contribution in [0.4, 0.5) is 11.4 Å². The van der Waals surface area contributed by atoms with Crippen LogP contribution in [-0.4, -0.2) is 25.9 Å². The first-order chi connectivity index (χ1) is 7.26. The van der Waals surface area contributed by atoms with Crippen LogP contribution in [0.3, 0.4) is 0 Å². The van der Waals surface area contributed by atoms with Gasteiger partial charge in [0.1, 0.15) is 0 Å². The average molecular weight is 207 g/mol. The molecule has 80 valence electrons. The Labute approximate surface area is 87.9 Å². The molecule has 3 N–H and O–H groups in total. The molecule has 1 aromatic rings. The Balaban J connectivity index is 2.49. The van der Waals surface area contributed by atoms with Crippen molar-refractivity contribution in [1.82, 2.24) is 5.32 Å². The summed E-state index contributed by atoms with van der Waals surface area (Å²) in [6, 6.07) is 7.26. The van der Waals surface area contributed by atoms with Crippen molar-refractivity contribution >= 4 is 23.7 Å². The summed E-state index contributed by atoms with van der Waals surface area (Å²) in [5.41, 5.74) is 1.67. The van der Waals surface area contributed by atoms with E-state index < -0.39 is 0 Å². The van der Waals surface area contributed by atoms with Gasteiger partial charge in [-0.25, -0.2) is 0 Å². The summed E-state index contributed by atoms with van der Waals surface area (Å²) in [4.78, 5) is 21.1. The normalized spacial score (nSPS) is 9.13. The molecule has 0 aromatic heterocycles. The third-order valence-corrected chi connectivity index (χ3v) is 1.80. The number of anilines is 2. The standard InChI is InChI=1S/C10H13N3O2/c1-11-8-2-4-9(5-3-8)13-10(15)6-12-7-14/h2-5,7,11H,6H2,1H3,(H,12,14)(H,13,15). The molecule has 0 spiro atoms. The molecule has 5 nitrogen and oxygen atoms in total. The van der Waals surface area contributed by atoms with Gasteiger partial charge in [-0.05, 0) is 24.3 Å². The van der Waals surface area contributed by atoms with Crippen LogP contribution in [-0.2, 0) is 9.59 Å². The molecule has 0 bridgehead atoms. The van der Waals surface area contributed by atoms with Gasteiger partial charge < -0.3 is 16.0 Å². The van der Waals surface area contributed by atoms with Crippen molar-refractivity contribution in [2.45, 2.75) is 0 Å². The highest BCUT2D eigenvalue weighted by molar-refractivity contribution is 5.93. The van der Waals surface area contributed by atoms with Gasteiger partial charge in [-0.2, -0.15) is 0 Å². The van der Waals surface area contributed by atoms with E-state index >= 15 is 0 Å². The second-order valence-electron chi connectivity index (χ2n) is 2.87. The monoisotopic (exact) mass is 207 g/mol. The van der Waals surface area contributed by atoms with E-state index in [1.807, 2.05) is 19.2 Å². The Kier molecular flexibility index (Phi) is 4.15. The van der Waals surface area contributed by atoms with E-state index in [2.05, 4.69) is 16.0 Å². The van der Waals surface area contributed by atoms with Crippen molar-refractivity contribution in [3.63, 3.8) is 0 Å². The van der Waals surface area contributed by atoms with Crippen LogP contribution >= 0.6 is 0 Å². The van der Waals surface area contributed by atoms with E-state index in [9.17, 15) is 9.59 Å². The van der Waals surface area contributed by atoms with Gasteiger partial charge in [-0.3, -0.25) is 9.59 Å². The van der Waals surface area contributed by atoms with Gasteiger partial charge in [0.2, 0.25) is 12.3 Å². The second kappa shape index (κ2) is 5.64. The van der Waals surface area contributed by atoms with E-state index in [4.69, 9.17) is 0 Å². The van der Waals surface area contributed by atoms with E-state index in [0.29, 0.717) is 12.1 Å². The maximum atomic E-state index is 11.2. The zero-order chi connectivity index (χ0) is 11.1. The molecule has 1 rings (SSSR count). The maximum absolute atomic E-state index is 11.2. The predicted molar refractivity (Wildman–Crippen MR) is 58.7 cm³/mol. The van der Waals surface area contributed by atoms with E-state index in [0.717, 1.165) is 5.69 Å². The fourth-order valence-electron chi connectivity index (χ4n) is 1.06. The van der Waals surface area contributed by atoms with Crippen LogP contribution in [0.1, 0.15) is 0 Å². The topological polar surface area (TPSA) is 70.2 Å². The quantitative estimate of drug-likeness (QED) is 0.612. The Morgan fingerprint density at radius 1 is 1.27 bits per heavy atom. The van der Waals surface area contributed by atoms with Crippen molar-refractivity contribution in [3.05, 3.63) is 24.3 Å². The molecule has 0 heterocycles. The van der Waals surface area contributed by atoms with Gasteiger partial charge in [0, 0.05) is 18.4 Å². The van der Waals surface area contributed by atoms with Crippen LogP contribution < -0.4 is 16.0 Å². The summed E-state index contributed by atoms with van der Waals surface area (Å²) in [6.45, 7) is -0.0166. The third kappa shape index (κ3) is 3.68. The number of amides is 2. The number of carbonyl (C=O) groups excluding carboxylic acids is 2. The molecule has 0 saturated heterocycles. The number of nitrogens with one attached hydrogen (secondary N) is 3. The smallest absolute Gasteiger partial charge is 0.243 e. The number of rotatable bonds is 5. The Morgan fingerprint density at radius 2 is 1.87 bits per heavy atom. The van der Waals surface area contributed by atoms with Crippen molar-refractivity contribution in [1.29, 1.82) is 0 Å². The lowest BCUT2D eigenvalue weighted by atomic mass is 10.3. The molecule has 0 radical (unpaired) electrons. The summed E-state index contributed by atoms with van der Waals surface area (Å²) < 4.78 is 0. The van der Waals surface area contributed by atoms with Crippen LogP contribution in [0.5, 0.6) is 0 Å². The summed E-state index contributed by atoms with van der Waals surface area (Å²) in [7, 11) is 1.82. The summed E-state index contributed by atoms with van der Waals surface area (Å²) in [5.74, 6) is -0.251. The first kappa shape index (κ1) is 11.0. The zero-order valence-corrected chi connectivity index (χ0v) is 8.41. The fourth-order valence-corrected chi connectivity index (χ4v) is 1.06. The molecule has 0 fully saturated rings. The van der Waals surface area contributed by atoms with Crippen LogP contribution in [0.2, 0.25) is 0 Å². The Morgan fingerprint density at radius 3 is 2.40 bits per heavy atom. The molecule has 0 aliphatic heterocycles. The van der Waals surface area contributed by atoms with Gasteiger partial charge in [-0.1, -0.05) is 0 Å². The highest BCUT2D eigenvalue weighted by atomic mass is 16.2. The first-order valence-electron chi connectivity index (χ1n) is 4.51. The molecule has 0 atom stereocenters. The van der Waals surface area contributed by atoms with Crippen molar-refractivity contribution in [2.75, 3.05) is 24.2 Å². The number of hydrogen-bond donors (Lipinski definition) is 3. The minimum absolute atomic E-state index is 0.0166. The molecule has 2 amide bonds.